The maximum absolute atomic E-state index is 6.68. The van der Waals surface area contributed by atoms with Crippen LogP contribution in [0.2, 0.25) is 0 Å². The number of rotatable bonds is 5. The number of nitrogens with zero attached hydrogens (tertiary/aromatic N) is 1. The van der Waals surface area contributed by atoms with Gasteiger partial charge in [0.1, 0.15) is 5.58 Å². The van der Waals surface area contributed by atoms with Gasteiger partial charge in [-0.15, -0.1) is 11.3 Å². The third-order valence-corrected chi connectivity index (χ3v) is 9.88. The molecule has 2 nitrogen and oxygen atoms in total. The number of anilines is 3. The summed E-state index contributed by atoms with van der Waals surface area (Å²) in [5, 5.41) is 4.78. The maximum Gasteiger partial charge on any atom is 0.159 e. The van der Waals surface area contributed by atoms with Gasteiger partial charge < -0.3 is 9.32 Å². The van der Waals surface area contributed by atoms with Gasteiger partial charge in [-0.25, -0.2) is 0 Å². The lowest BCUT2D eigenvalue weighted by molar-refractivity contribution is 0.669. The Labute approximate surface area is 265 Å². The van der Waals surface area contributed by atoms with Crippen LogP contribution in [0.5, 0.6) is 0 Å². The lowest BCUT2D eigenvalue weighted by Crippen LogP contribution is -2.12. The fourth-order valence-electron chi connectivity index (χ4n) is 6.68. The Morgan fingerprint density at radius 3 is 1.87 bits per heavy atom. The summed E-state index contributed by atoms with van der Waals surface area (Å²) in [5.41, 5.74) is 9.79. The van der Waals surface area contributed by atoms with Crippen LogP contribution in [-0.4, -0.2) is 0 Å². The minimum atomic E-state index is 0.878. The van der Waals surface area contributed by atoms with Crippen molar-refractivity contribution >= 4 is 70.5 Å². The molecule has 9 rings (SSSR count). The molecular weight excluding hydrogens is 567 g/mol. The van der Waals surface area contributed by atoms with Gasteiger partial charge in [0.2, 0.25) is 0 Å². The van der Waals surface area contributed by atoms with Crippen molar-refractivity contribution in [2.75, 3.05) is 4.90 Å². The van der Waals surface area contributed by atoms with E-state index in [1.807, 2.05) is 17.4 Å². The number of furan rings is 1. The molecule has 2 aromatic heterocycles. The van der Waals surface area contributed by atoms with Crippen LogP contribution in [0.4, 0.5) is 17.1 Å². The first-order chi connectivity index (χ1) is 22.3. The normalized spacial score (nSPS) is 11.6. The second-order valence-corrected chi connectivity index (χ2v) is 12.3. The van der Waals surface area contributed by atoms with Crippen molar-refractivity contribution in [1.82, 2.24) is 0 Å². The zero-order valence-electron chi connectivity index (χ0n) is 24.4. The largest absolute Gasteiger partial charge is 0.454 e. The van der Waals surface area contributed by atoms with E-state index in [-0.39, 0.29) is 0 Å². The number of hydrogen-bond donors (Lipinski definition) is 0. The molecule has 0 atom stereocenters. The fraction of sp³-hybridized carbons (Fsp3) is 0. The lowest BCUT2D eigenvalue weighted by Gasteiger charge is -2.28. The van der Waals surface area contributed by atoms with E-state index in [0.29, 0.717) is 0 Å². The van der Waals surface area contributed by atoms with Gasteiger partial charge in [0, 0.05) is 31.8 Å². The Bertz CT molecular complexity index is 2490. The van der Waals surface area contributed by atoms with Crippen LogP contribution < -0.4 is 4.90 Å². The van der Waals surface area contributed by atoms with Crippen molar-refractivity contribution in [3.05, 3.63) is 164 Å². The summed E-state index contributed by atoms with van der Waals surface area (Å²) in [6.07, 6.45) is 0. The predicted octanol–water partition coefficient (Wildman–Crippen LogP) is 12.8. The van der Waals surface area contributed by atoms with Crippen LogP contribution in [0.3, 0.4) is 0 Å². The average molecular weight is 594 g/mol. The van der Waals surface area contributed by atoms with E-state index in [1.165, 1.54) is 36.9 Å². The third kappa shape index (κ3) is 4.16. The van der Waals surface area contributed by atoms with E-state index in [2.05, 4.69) is 163 Å². The Balaban J connectivity index is 1.41. The molecule has 3 heteroatoms. The summed E-state index contributed by atoms with van der Waals surface area (Å²) in [5.74, 6) is 0. The van der Waals surface area contributed by atoms with Crippen molar-refractivity contribution < 1.29 is 4.42 Å². The van der Waals surface area contributed by atoms with Crippen molar-refractivity contribution in [3.8, 4) is 22.3 Å². The van der Waals surface area contributed by atoms with E-state index in [4.69, 9.17) is 4.42 Å². The summed E-state index contributed by atoms with van der Waals surface area (Å²) < 4.78 is 9.20. The summed E-state index contributed by atoms with van der Waals surface area (Å²) in [4.78, 5) is 2.42. The van der Waals surface area contributed by atoms with Gasteiger partial charge in [-0.3, -0.25) is 0 Å². The second-order valence-electron chi connectivity index (χ2n) is 11.3. The van der Waals surface area contributed by atoms with Gasteiger partial charge in [-0.1, -0.05) is 133 Å². The van der Waals surface area contributed by atoms with Gasteiger partial charge in [0.25, 0.3) is 0 Å². The molecule has 0 spiro atoms. The highest BCUT2D eigenvalue weighted by atomic mass is 32.1. The van der Waals surface area contributed by atoms with Crippen LogP contribution in [0.15, 0.2) is 168 Å². The highest BCUT2D eigenvalue weighted by Gasteiger charge is 2.25. The van der Waals surface area contributed by atoms with E-state index in [0.717, 1.165) is 44.6 Å². The summed E-state index contributed by atoms with van der Waals surface area (Å²) in [7, 11) is 0. The molecule has 0 radical (unpaired) electrons. The van der Waals surface area contributed by atoms with Crippen LogP contribution in [0, 0.1) is 0 Å². The molecule has 0 N–H and O–H groups in total. The molecule has 0 saturated carbocycles. The molecule has 0 bridgehead atoms. The molecule has 0 saturated heterocycles. The van der Waals surface area contributed by atoms with E-state index in [9.17, 15) is 0 Å². The molecule has 0 amide bonds. The molecule has 45 heavy (non-hydrogen) atoms. The standard InChI is InChI=1S/C42H27NOS/c1-3-14-28(15-4-1)30-18-7-10-22-35(30)43(36-23-13-21-33-32-19-8-11-24-38(32)44-41(33)36)37-27-26-31(29-16-5-2-6-17-29)40-34-20-9-12-25-39(34)45-42(37)40/h1-27H. The van der Waals surface area contributed by atoms with Crippen LogP contribution >= 0.6 is 11.3 Å². The quantitative estimate of drug-likeness (QED) is 0.197. The minimum absolute atomic E-state index is 0.878. The number of para-hydroxylation sites is 3. The highest BCUT2D eigenvalue weighted by Crippen LogP contribution is 2.51. The first-order valence-electron chi connectivity index (χ1n) is 15.2. The fourth-order valence-corrected chi connectivity index (χ4v) is 7.91. The zero-order valence-corrected chi connectivity index (χ0v) is 25.2. The zero-order chi connectivity index (χ0) is 29.7. The van der Waals surface area contributed by atoms with Crippen LogP contribution in [0.25, 0.3) is 64.4 Å². The van der Waals surface area contributed by atoms with E-state index < -0.39 is 0 Å². The summed E-state index contributed by atoms with van der Waals surface area (Å²) >= 11 is 1.85. The second kappa shape index (κ2) is 10.5. The smallest absolute Gasteiger partial charge is 0.159 e. The van der Waals surface area contributed by atoms with E-state index >= 15 is 0 Å². The summed E-state index contributed by atoms with van der Waals surface area (Å²) in [6, 6.07) is 58.3. The Hall–Kier alpha value is -5.64. The molecule has 7 aromatic carbocycles. The van der Waals surface area contributed by atoms with E-state index in [1.54, 1.807) is 0 Å². The lowest BCUT2D eigenvalue weighted by atomic mass is 9.97. The molecule has 0 aliphatic heterocycles. The Morgan fingerprint density at radius 1 is 0.422 bits per heavy atom. The minimum Gasteiger partial charge on any atom is -0.454 e. The van der Waals surface area contributed by atoms with Gasteiger partial charge in [0.15, 0.2) is 5.58 Å². The SMILES string of the molecule is c1ccc(-c2ccccc2N(c2cccc3c2oc2ccccc23)c2ccc(-c3ccccc3)c3c2sc2ccccc23)cc1. The molecule has 2 heterocycles. The molecule has 0 unspecified atom stereocenters. The number of thiophene rings is 1. The van der Waals surface area contributed by atoms with Gasteiger partial charge in [-0.2, -0.15) is 0 Å². The Kier molecular flexibility index (Phi) is 6.03. The van der Waals surface area contributed by atoms with Crippen molar-refractivity contribution in [3.63, 3.8) is 0 Å². The first-order valence-corrected chi connectivity index (χ1v) is 16.0. The predicted molar refractivity (Wildman–Crippen MR) is 192 cm³/mol. The third-order valence-electron chi connectivity index (χ3n) is 8.69. The number of hydrogen-bond acceptors (Lipinski definition) is 3. The summed E-state index contributed by atoms with van der Waals surface area (Å²) in [6.45, 7) is 0. The van der Waals surface area contributed by atoms with Gasteiger partial charge in [-0.05, 0) is 47.0 Å². The van der Waals surface area contributed by atoms with Crippen LogP contribution in [0.1, 0.15) is 0 Å². The van der Waals surface area contributed by atoms with Crippen LogP contribution in [-0.2, 0) is 0 Å². The number of benzene rings is 7. The molecule has 212 valence electrons. The van der Waals surface area contributed by atoms with Gasteiger partial charge in [0.05, 0.1) is 21.8 Å². The average Bonchev–Trinajstić information content (AvgIpc) is 3.69. The van der Waals surface area contributed by atoms with Gasteiger partial charge >= 0.3 is 0 Å². The number of fused-ring (bicyclic) bond motifs is 6. The van der Waals surface area contributed by atoms with Crippen molar-refractivity contribution in [2.24, 2.45) is 0 Å². The van der Waals surface area contributed by atoms with Crippen molar-refractivity contribution in [2.45, 2.75) is 0 Å². The molecule has 0 aliphatic rings. The monoisotopic (exact) mass is 593 g/mol. The van der Waals surface area contributed by atoms with Crippen molar-refractivity contribution in [1.29, 1.82) is 0 Å². The first kappa shape index (κ1) is 25.8. The molecule has 0 fully saturated rings. The Morgan fingerprint density at radius 2 is 1.04 bits per heavy atom. The topological polar surface area (TPSA) is 16.4 Å². The molecule has 0 aliphatic carbocycles. The highest BCUT2D eigenvalue weighted by molar-refractivity contribution is 7.26. The maximum atomic E-state index is 6.68. The molecular formula is C42H27NOS. The molecule has 9 aromatic rings.